The highest BCUT2D eigenvalue weighted by molar-refractivity contribution is 7.87. The van der Waals surface area contributed by atoms with Crippen LogP contribution in [0.4, 0.5) is 32.3 Å². The molecule has 214 valence electrons. The highest BCUT2D eigenvalue weighted by Crippen LogP contribution is 2.22. The molecule has 0 saturated carbocycles. The van der Waals surface area contributed by atoms with Crippen molar-refractivity contribution in [2.75, 3.05) is 21.3 Å². The first-order chi connectivity index (χ1) is 18.7. The Bertz CT molecular complexity index is 1450. The van der Waals surface area contributed by atoms with Crippen LogP contribution >= 0.6 is 0 Å². The normalized spacial score (nSPS) is 11.6. The van der Waals surface area contributed by atoms with E-state index in [1.54, 1.807) is 48.5 Å². The Morgan fingerprint density at radius 2 is 0.875 bits per heavy atom. The van der Waals surface area contributed by atoms with Gasteiger partial charge in [0.1, 0.15) is 11.5 Å². The van der Waals surface area contributed by atoms with Gasteiger partial charge in [-0.05, 0) is 76.2 Å². The van der Waals surface area contributed by atoms with E-state index in [0.717, 1.165) is 0 Å². The van der Waals surface area contributed by atoms with Crippen LogP contribution in [0.25, 0.3) is 0 Å². The van der Waals surface area contributed by atoms with Gasteiger partial charge in [-0.25, -0.2) is 9.59 Å². The molecular weight excluding hydrogens is 560 g/mol. The number of anilines is 4. The number of benzene rings is 3. The Balaban J connectivity index is 1.54. The smallest absolute Gasteiger partial charge is 0.323 e. The quantitative estimate of drug-likeness (QED) is 0.233. The summed E-state index contributed by atoms with van der Waals surface area (Å²) in [4.78, 5) is 24.8. The maximum absolute atomic E-state index is 12.4. The number of rotatable bonds is 10. The number of carbonyl (C=O) groups excluding carboxylic acids is 2. The molecule has 14 heteroatoms. The van der Waals surface area contributed by atoms with Crippen molar-refractivity contribution in [2.24, 2.45) is 0 Å². The Kier molecular flexibility index (Phi) is 9.60. The molecule has 0 saturated heterocycles. The van der Waals surface area contributed by atoms with Crippen LogP contribution in [0.5, 0.6) is 11.5 Å². The first-order valence-corrected chi connectivity index (χ1v) is 15.0. The third-order valence-electron chi connectivity index (χ3n) is 5.16. The van der Waals surface area contributed by atoms with E-state index in [-0.39, 0.29) is 11.5 Å². The zero-order valence-corrected chi connectivity index (χ0v) is 23.8. The summed E-state index contributed by atoms with van der Waals surface area (Å²) in [5.41, 5.74) is 1.49. The first-order valence-electron chi connectivity index (χ1n) is 12.1. The third kappa shape index (κ3) is 8.88. The van der Waals surface area contributed by atoms with Gasteiger partial charge in [-0.1, -0.05) is 12.1 Å². The molecule has 0 aliphatic carbocycles. The molecule has 3 aromatic carbocycles. The van der Waals surface area contributed by atoms with Crippen LogP contribution in [-0.4, -0.2) is 39.4 Å². The van der Waals surface area contributed by atoms with E-state index in [9.17, 15) is 26.4 Å². The fourth-order valence-corrected chi connectivity index (χ4v) is 4.06. The molecule has 12 nitrogen and oxygen atoms in total. The molecule has 0 bridgehead atoms. The highest BCUT2D eigenvalue weighted by Gasteiger charge is 2.19. The second-order valence-corrected chi connectivity index (χ2v) is 13.2. The fourth-order valence-electron chi connectivity index (χ4n) is 2.94. The summed E-state index contributed by atoms with van der Waals surface area (Å²) in [6, 6.07) is 17.0. The molecule has 0 aliphatic rings. The summed E-state index contributed by atoms with van der Waals surface area (Å²) in [7, 11) is -7.56. The van der Waals surface area contributed by atoms with E-state index in [2.05, 4.69) is 21.3 Å². The molecule has 0 unspecified atom stereocenters. The van der Waals surface area contributed by atoms with E-state index in [1.807, 2.05) is 0 Å². The van der Waals surface area contributed by atoms with Gasteiger partial charge in [0.15, 0.2) is 0 Å². The fraction of sp³-hybridized carbons (Fsp3) is 0.231. The largest absolute Gasteiger partial charge is 0.382 e. The standard InChI is InChI=1S/C26H30N4O8S2/c1-17(2)39(33,34)37-23-9-5-7-21(15-23)29-25(31)27-19-11-13-20(14-12-19)28-26(32)30-22-8-6-10-24(16-22)38-40(35,36)18(3)4/h5-18H,1-4H3,(H2,27,29,31)(H2,28,30,32). The number of hydrogen-bond donors (Lipinski definition) is 4. The molecule has 0 heterocycles. The summed E-state index contributed by atoms with van der Waals surface area (Å²) >= 11 is 0. The van der Waals surface area contributed by atoms with Gasteiger partial charge in [-0.15, -0.1) is 0 Å². The summed E-state index contributed by atoms with van der Waals surface area (Å²) in [5, 5.41) is 8.99. The van der Waals surface area contributed by atoms with Crippen LogP contribution in [-0.2, 0) is 20.2 Å². The van der Waals surface area contributed by atoms with Crippen molar-refractivity contribution in [3.63, 3.8) is 0 Å². The van der Waals surface area contributed by atoms with E-state index < -0.39 is 42.8 Å². The second-order valence-electron chi connectivity index (χ2n) is 9.04. The SMILES string of the molecule is CC(C)S(=O)(=O)Oc1cccc(NC(=O)Nc2ccc(NC(=O)Nc3cccc(OS(=O)(=O)C(C)C)c3)cc2)c1. The Morgan fingerprint density at radius 3 is 1.20 bits per heavy atom. The van der Waals surface area contributed by atoms with Gasteiger partial charge in [-0.2, -0.15) is 16.8 Å². The molecule has 0 radical (unpaired) electrons. The number of urea groups is 2. The lowest BCUT2D eigenvalue weighted by molar-refractivity contribution is 0.261. The Hall–Kier alpha value is -4.30. The molecule has 0 spiro atoms. The van der Waals surface area contributed by atoms with Gasteiger partial charge in [0.05, 0.1) is 10.5 Å². The van der Waals surface area contributed by atoms with Crippen LogP contribution in [0, 0.1) is 0 Å². The van der Waals surface area contributed by atoms with Crippen molar-refractivity contribution in [1.82, 2.24) is 0 Å². The predicted octanol–water partition coefficient (Wildman–Crippen LogP) is 5.21. The molecule has 0 aromatic heterocycles. The number of amides is 4. The molecule has 40 heavy (non-hydrogen) atoms. The predicted molar refractivity (Wildman–Crippen MR) is 154 cm³/mol. The lowest BCUT2D eigenvalue weighted by Gasteiger charge is -2.12. The summed E-state index contributed by atoms with van der Waals surface area (Å²) in [6.07, 6.45) is 0. The number of carbonyl (C=O) groups is 2. The van der Waals surface area contributed by atoms with Crippen molar-refractivity contribution in [3.05, 3.63) is 72.8 Å². The molecule has 3 aromatic rings. The minimum atomic E-state index is -3.78. The van der Waals surface area contributed by atoms with Crippen molar-refractivity contribution < 1.29 is 34.8 Å². The van der Waals surface area contributed by atoms with Crippen molar-refractivity contribution >= 4 is 55.0 Å². The average molecular weight is 591 g/mol. The second kappa shape index (κ2) is 12.7. The Morgan fingerprint density at radius 1 is 0.550 bits per heavy atom. The molecule has 0 atom stereocenters. The van der Waals surface area contributed by atoms with Crippen LogP contribution in [0.3, 0.4) is 0 Å². The maximum Gasteiger partial charge on any atom is 0.323 e. The van der Waals surface area contributed by atoms with Crippen LogP contribution in [0.15, 0.2) is 72.8 Å². The van der Waals surface area contributed by atoms with E-state index >= 15 is 0 Å². The van der Waals surface area contributed by atoms with Crippen molar-refractivity contribution in [1.29, 1.82) is 0 Å². The van der Waals surface area contributed by atoms with Crippen molar-refractivity contribution in [2.45, 2.75) is 38.2 Å². The van der Waals surface area contributed by atoms with E-state index in [1.165, 1.54) is 52.0 Å². The van der Waals surface area contributed by atoms with Crippen LogP contribution in [0.2, 0.25) is 0 Å². The van der Waals surface area contributed by atoms with Gasteiger partial charge in [0, 0.05) is 34.9 Å². The molecule has 0 aliphatic heterocycles. The first kappa shape index (κ1) is 30.2. The average Bonchev–Trinajstić information content (AvgIpc) is 2.85. The summed E-state index contributed by atoms with van der Waals surface area (Å²) in [5.74, 6) is 0.139. The molecule has 3 rings (SSSR count). The maximum atomic E-state index is 12.4. The summed E-state index contributed by atoms with van der Waals surface area (Å²) in [6.45, 7) is 5.99. The molecule has 0 fully saturated rings. The minimum absolute atomic E-state index is 0.0695. The van der Waals surface area contributed by atoms with E-state index in [4.69, 9.17) is 8.37 Å². The van der Waals surface area contributed by atoms with Crippen LogP contribution < -0.4 is 29.6 Å². The zero-order chi connectivity index (χ0) is 29.5. The highest BCUT2D eigenvalue weighted by atomic mass is 32.2. The zero-order valence-electron chi connectivity index (χ0n) is 22.2. The molecule has 4 N–H and O–H groups in total. The number of hydrogen-bond acceptors (Lipinski definition) is 8. The lowest BCUT2D eigenvalue weighted by Crippen LogP contribution is -2.21. The van der Waals surface area contributed by atoms with Gasteiger partial charge >= 0.3 is 32.3 Å². The van der Waals surface area contributed by atoms with E-state index in [0.29, 0.717) is 22.7 Å². The third-order valence-corrected chi connectivity index (χ3v) is 8.32. The van der Waals surface area contributed by atoms with Gasteiger partial charge in [0.25, 0.3) is 0 Å². The van der Waals surface area contributed by atoms with Gasteiger partial charge < -0.3 is 29.6 Å². The number of nitrogens with one attached hydrogen (secondary N) is 4. The topological polar surface area (TPSA) is 169 Å². The lowest BCUT2D eigenvalue weighted by atomic mass is 10.2. The van der Waals surface area contributed by atoms with Gasteiger partial charge in [-0.3, -0.25) is 0 Å². The van der Waals surface area contributed by atoms with Crippen molar-refractivity contribution in [3.8, 4) is 11.5 Å². The molecule has 4 amide bonds. The minimum Gasteiger partial charge on any atom is -0.382 e. The van der Waals surface area contributed by atoms with Gasteiger partial charge in [0.2, 0.25) is 0 Å². The summed E-state index contributed by atoms with van der Waals surface area (Å²) < 4.78 is 57.9. The Labute approximate surface area is 233 Å². The van der Waals surface area contributed by atoms with Crippen LogP contribution in [0.1, 0.15) is 27.7 Å². The monoisotopic (exact) mass is 590 g/mol. The molecular formula is C26H30N4O8S2.